The van der Waals surface area contributed by atoms with E-state index in [2.05, 4.69) is 18.7 Å². The Morgan fingerprint density at radius 1 is 1.10 bits per heavy atom. The molecule has 0 radical (unpaired) electrons. The van der Waals surface area contributed by atoms with E-state index >= 15 is 0 Å². The Balaban J connectivity index is 1.58. The molecular weight excluding hydrogens is 386 g/mol. The third-order valence-corrected chi connectivity index (χ3v) is 7.95. The molecule has 2 fully saturated rings. The number of benzene rings is 1. The summed E-state index contributed by atoms with van der Waals surface area (Å²) in [5.74, 6) is 0.208. The first-order chi connectivity index (χ1) is 13.8. The summed E-state index contributed by atoms with van der Waals surface area (Å²) in [6.45, 7) is 8.46. The van der Waals surface area contributed by atoms with Crippen LogP contribution < -0.4 is 4.90 Å². The van der Waals surface area contributed by atoms with Crippen LogP contribution in [-0.2, 0) is 14.8 Å². The lowest BCUT2D eigenvalue weighted by Crippen LogP contribution is -3.19. The number of rotatable bonds is 5. The van der Waals surface area contributed by atoms with Crippen LogP contribution in [0.5, 0.6) is 0 Å². The minimum Gasteiger partial charge on any atom is -0.332 e. The van der Waals surface area contributed by atoms with Crippen LogP contribution in [0.15, 0.2) is 35.7 Å². The molecule has 1 N–H and O–H groups in total. The van der Waals surface area contributed by atoms with E-state index in [9.17, 15) is 13.2 Å². The highest BCUT2D eigenvalue weighted by molar-refractivity contribution is 7.92. The monoisotopic (exact) mass is 420 g/mol. The molecule has 0 bridgehead atoms. The highest BCUT2D eigenvalue weighted by Gasteiger charge is 2.38. The Kier molecular flexibility index (Phi) is 7.14. The number of quaternary nitrogens is 1. The average Bonchev–Trinajstić information content (AvgIpc) is 2.72. The van der Waals surface area contributed by atoms with Gasteiger partial charge < -0.3 is 9.80 Å². The number of hydrogen-bond acceptors (Lipinski definition) is 3. The van der Waals surface area contributed by atoms with Crippen LogP contribution in [0.4, 0.5) is 0 Å². The van der Waals surface area contributed by atoms with Crippen molar-refractivity contribution in [1.29, 1.82) is 0 Å². The number of piperidine rings is 1. The minimum atomic E-state index is -3.44. The zero-order valence-electron chi connectivity index (χ0n) is 17.8. The highest BCUT2D eigenvalue weighted by atomic mass is 32.2. The van der Waals surface area contributed by atoms with Crippen molar-refractivity contribution < 1.29 is 18.1 Å². The number of likely N-dealkylation sites (tertiary alicyclic amines) is 1. The van der Waals surface area contributed by atoms with Crippen molar-refractivity contribution >= 4 is 22.0 Å². The molecule has 1 aromatic carbocycles. The molecule has 2 aliphatic heterocycles. The Morgan fingerprint density at radius 3 is 2.28 bits per heavy atom. The van der Waals surface area contributed by atoms with Gasteiger partial charge in [0.2, 0.25) is 10.0 Å². The normalized spacial score (nSPS) is 26.0. The SMILES string of the molecule is C[C@H](C(=O)N1[C@@H](C)CCC[C@@H]1C)[NH+]1CCN(S(=O)(=O)/C=C/c2ccccc2)CC1. The third kappa shape index (κ3) is 5.27. The number of hydrogen-bond donors (Lipinski definition) is 1. The fourth-order valence-corrected chi connectivity index (χ4v) is 5.72. The van der Waals surface area contributed by atoms with Gasteiger partial charge in [-0.25, -0.2) is 8.42 Å². The third-order valence-electron chi connectivity index (χ3n) is 6.39. The van der Waals surface area contributed by atoms with Crippen LogP contribution in [0.25, 0.3) is 6.08 Å². The number of nitrogens with one attached hydrogen (secondary N) is 1. The Morgan fingerprint density at radius 2 is 1.69 bits per heavy atom. The molecule has 3 atom stereocenters. The van der Waals surface area contributed by atoms with E-state index in [-0.39, 0.29) is 24.0 Å². The highest BCUT2D eigenvalue weighted by Crippen LogP contribution is 2.23. The first-order valence-corrected chi connectivity index (χ1v) is 12.2. The number of piperazine rings is 1. The maximum absolute atomic E-state index is 13.1. The zero-order valence-corrected chi connectivity index (χ0v) is 18.6. The van der Waals surface area contributed by atoms with Crippen molar-refractivity contribution in [3.63, 3.8) is 0 Å². The van der Waals surface area contributed by atoms with Crippen LogP contribution in [0.1, 0.15) is 45.6 Å². The van der Waals surface area contributed by atoms with Crippen molar-refractivity contribution in [2.45, 2.75) is 58.2 Å². The van der Waals surface area contributed by atoms with E-state index in [1.54, 1.807) is 6.08 Å². The molecule has 160 valence electrons. The maximum atomic E-state index is 13.1. The number of sulfonamides is 1. The van der Waals surface area contributed by atoms with Crippen LogP contribution in [0, 0.1) is 0 Å². The first-order valence-electron chi connectivity index (χ1n) is 10.7. The lowest BCUT2D eigenvalue weighted by molar-refractivity contribution is -0.918. The van der Waals surface area contributed by atoms with Gasteiger partial charge in [0.1, 0.15) is 0 Å². The molecule has 7 heteroatoms. The summed E-state index contributed by atoms with van der Waals surface area (Å²) in [6.07, 6.45) is 4.95. The van der Waals surface area contributed by atoms with Crippen LogP contribution in [0.2, 0.25) is 0 Å². The van der Waals surface area contributed by atoms with E-state index in [1.807, 2.05) is 37.3 Å². The first kappa shape index (κ1) is 22.0. The van der Waals surface area contributed by atoms with E-state index in [0.717, 1.165) is 18.4 Å². The molecule has 0 spiro atoms. The standard InChI is InChI=1S/C22H33N3O3S/c1-18-8-7-9-19(2)25(18)22(26)20(3)23-13-15-24(16-14-23)29(27,28)17-12-21-10-5-4-6-11-21/h4-6,10-12,17-20H,7-9,13-16H2,1-3H3/p+1/b17-12+/t18-,19-,20+/m0/s1. The average molecular weight is 421 g/mol. The Bertz CT molecular complexity index is 807. The molecule has 1 amide bonds. The predicted octanol–water partition coefficient (Wildman–Crippen LogP) is 1.37. The number of nitrogens with zero attached hydrogens (tertiary/aromatic N) is 2. The van der Waals surface area contributed by atoms with Gasteiger partial charge in [-0.3, -0.25) is 4.79 Å². The van der Waals surface area contributed by atoms with Gasteiger partial charge in [-0.05, 0) is 51.7 Å². The molecule has 3 rings (SSSR count). The van der Waals surface area contributed by atoms with Crippen molar-refractivity contribution in [2.24, 2.45) is 0 Å². The van der Waals surface area contributed by atoms with E-state index < -0.39 is 10.0 Å². The van der Waals surface area contributed by atoms with Crippen LogP contribution >= 0.6 is 0 Å². The Hall–Kier alpha value is -1.70. The van der Waals surface area contributed by atoms with Gasteiger partial charge in [-0.1, -0.05) is 30.3 Å². The predicted molar refractivity (Wildman–Crippen MR) is 116 cm³/mol. The van der Waals surface area contributed by atoms with Crippen molar-refractivity contribution in [3.8, 4) is 0 Å². The van der Waals surface area contributed by atoms with Gasteiger partial charge in [-0.15, -0.1) is 0 Å². The van der Waals surface area contributed by atoms with Crippen LogP contribution in [-0.4, -0.2) is 67.8 Å². The van der Waals surface area contributed by atoms with E-state index in [4.69, 9.17) is 0 Å². The van der Waals surface area contributed by atoms with Gasteiger partial charge >= 0.3 is 0 Å². The fraction of sp³-hybridized carbons (Fsp3) is 0.591. The van der Waals surface area contributed by atoms with E-state index in [0.29, 0.717) is 26.2 Å². The summed E-state index contributed by atoms with van der Waals surface area (Å²) in [5, 5.41) is 1.29. The second-order valence-corrected chi connectivity index (χ2v) is 10.2. The molecule has 0 unspecified atom stereocenters. The molecule has 6 nitrogen and oxygen atoms in total. The smallest absolute Gasteiger partial charge is 0.281 e. The summed E-state index contributed by atoms with van der Waals surface area (Å²) < 4.78 is 26.8. The summed E-state index contributed by atoms with van der Waals surface area (Å²) in [5.41, 5.74) is 0.865. The molecule has 29 heavy (non-hydrogen) atoms. The number of carbonyl (C=O) groups excluding carboxylic acids is 1. The zero-order chi connectivity index (χ0) is 21.0. The van der Waals surface area contributed by atoms with E-state index in [1.165, 1.54) is 21.0 Å². The lowest BCUT2D eigenvalue weighted by atomic mass is 9.96. The second-order valence-electron chi connectivity index (χ2n) is 8.41. The maximum Gasteiger partial charge on any atom is 0.281 e. The van der Waals surface area contributed by atoms with Crippen LogP contribution in [0.3, 0.4) is 0 Å². The van der Waals surface area contributed by atoms with Gasteiger partial charge in [-0.2, -0.15) is 4.31 Å². The Labute approximate surface area is 175 Å². The molecule has 1 aromatic rings. The topological polar surface area (TPSA) is 62.1 Å². The quantitative estimate of drug-likeness (QED) is 0.783. The molecule has 2 heterocycles. The second kappa shape index (κ2) is 9.41. The minimum absolute atomic E-state index is 0.136. The fourth-order valence-electron chi connectivity index (χ4n) is 4.53. The molecule has 0 saturated carbocycles. The lowest BCUT2D eigenvalue weighted by Gasteiger charge is -2.42. The van der Waals surface area contributed by atoms with Gasteiger partial charge in [0, 0.05) is 17.5 Å². The van der Waals surface area contributed by atoms with Gasteiger partial charge in [0.15, 0.2) is 6.04 Å². The largest absolute Gasteiger partial charge is 0.332 e. The molecule has 0 aliphatic carbocycles. The summed E-state index contributed by atoms with van der Waals surface area (Å²) in [6, 6.07) is 9.88. The van der Waals surface area contributed by atoms with Crippen molar-refractivity contribution in [2.75, 3.05) is 26.2 Å². The molecule has 2 saturated heterocycles. The molecule has 2 aliphatic rings. The summed E-state index contributed by atoms with van der Waals surface area (Å²) in [4.78, 5) is 16.4. The number of amides is 1. The summed E-state index contributed by atoms with van der Waals surface area (Å²) >= 11 is 0. The number of carbonyl (C=O) groups is 1. The molecule has 0 aromatic heterocycles. The molecular formula is C22H34N3O3S+. The van der Waals surface area contributed by atoms with Crippen molar-refractivity contribution in [1.82, 2.24) is 9.21 Å². The van der Waals surface area contributed by atoms with Gasteiger partial charge in [0.05, 0.1) is 26.2 Å². The summed E-state index contributed by atoms with van der Waals surface area (Å²) in [7, 11) is -3.44. The van der Waals surface area contributed by atoms with Gasteiger partial charge in [0.25, 0.3) is 5.91 Å². The van der Waals surface area contributed by atoms with Crippen molar-refractivity contribution in [3.05, 3.63) is 41.3 Å².